The Balaban J connectivity index is 4.45. The van der Waals surface area contributed by atoms with Crippen molar-refractivity contribution in [1.82, 2.24) is 0 Å². The van der Waals surface area contributed by atoms with Crippen LogP contribution >= 0.6 is 0 Å². The van der Waals surface area contributed by atoms with Crippen LogP contribution in [0.2, 0.25) is 0 Å². The zero-order chi connectivity index (χ0) is 11.6. The predicted molar refractivity (Wildman–Crippen MR) is 38.3 cm³/mol. The van der Waals surface area contributed by atoms with Crippen LogP contribution in [0, 0.1) is 0 Å². The number of alkyl halides is 3. The van der Waals surface area contributed by atoms with Crippen molar-refractivity contribution in [2.24, 2.45) is 0 Å². The number of aliphatic hydroxyl groups is 1. The summed E-state index contributed by atoms with van der Waals surface area (Å²) in [7, 11) is 0. The highest BCUT2D eigenvalue weighted by Gasteiger charge is 2.46. The molecule has 82 valence electrons. The molecule has 0 heterocycles. The van der Waals surface area contributed by atoms with E-state index in [0.717, 1.165) is 0 Å². The molecule has 1 N–H and O–H groups in total. The number of hydrogen-bond donors (Lipinski definition) is 1. The predicted octanol–water partition coefficient (Wildman–Crippen LogP) is 0.432. The summed E-state index contributed by atoms with van der Waals surface area (Å²) in [6.07, 6.45) is -5.25. The largest absolute Gasteiger partial charge is 0.461 e. The smallest absolute Gasteiger partial charge is 0.451 e. The fraction of sp³-hybridized carbons (Fsp3) is 0.714. The minimum Gasteiger partial charge on any atom is -0.451 e. The van der Waals surface area contributed by atoms with Crippen molar-refractivity contribution >= 4 is 11.8 Å². The van der Waals surface area contributed by atoms with Gasteiger partial charge in [0.05, 0.1) is 6.61 Å². The van der Waals surface area contributed by atoms with Gasteiger partial charge in [0, 0.05) is 0 Å². The summed E-state index contributed by atoms with van der Waals surface area (Å²) in [5.41, 5.74) is -1.50. The van der Waals surface area contributed by atoms with Crippen LogP contribution in [0.1, 0.15) is 13.8 Å². The highest BCUT2D eigenvalue weighted by molar-refractivity contribution is 6.35. The quantitative estimate of drug-likeness (QED) is 0.546. The molecule has 0 unspecified atom stereocenters. The first-order valence-corrected chi connectivity index (χ1v) is 3.55. The minimum absolute atomic E-state index is 0.677. The number of carbonyl (C=O) groups excluding carboxylic acids is 2. The number of halogens is 3. The van der Waals surface area contributed by atoms with E-state index < -0.39 is 30.1 Å². The topological polar surface area (TPSA) is 63.6 Å². The van der Waals surface area contributed by atoms with E-state index in [1.165, 1.54) is 13.8 Å². The zero-order valence-electron chi connectivity index (χ0n) is 7.51. The number of aliphatic hydroxyl groups excluding tert-OH is 1. The summed E-state index contributed by atoms with van der Waals surface area (Å²) in [5, 5.41) is 8.56. The zero-order valence-corrected chi connectivity index (χ0v) is 7.51. The van der Waals surface area contributed by atoms with Gasteiger partial charge in [-0.2, -0.15) is 13.2 Å². The summed E-state index contributed by atoms with van der Waals surface area (Å²) < 4.78 is 39.1. The molecule has 0 atom stereocenters. The van der Waals surface area contributed by atoms with Crippen molar-refractivity contribution in [3.05, 3.63) is 0 Å². The van der Waals surface area contributed by atoms with Crippen LogP contribution in [0.3, 0.4) is 0 Å². The van der Waals surface area contributed by atoms with Crippen LogP contribution in [0.15, 0.2) is 0 Å². The number of hydrogen-bond acceptors (Lipinski definition) is 4. The van der Waals surface area contributed by atoms with Crippen molar-refractivity contribution in [3.8, 4) is 0 Å². The number of esters is 1. The van der Waals surface area contributed by atoms with E-state index in [9.17, 15) is 22.8 Å². The fourth-order valence-corrected chi connectivity index (χ4v) is 0.445. The van der Waals surface area contributed by atoms with Crippen molar-refractivity contribution < 1.29 is 32.6 Å². The molecular formula is C7H9F3O4. The lowest BCUT2D eigenvalue weighted by Gasteiger charge is -2.21. The van der Waals surface area contributed by atoms with Gasteiger partial charge >= 0.3 is 17.9 Å². The molecule has 0 aromatic carbocycles. The highest BCUT2D eigenvalue weighted by Crippen LogP contribution is 2.18. The summed E-state index contributed by atoms with van der Waals surface area (Å²) in [6.45, 7) is 1.67. The summed E-state index contributed by atoms with van der Waals surface area (Å²) >= 11 is 0. The molecule has 0 rings (SSSR count). The Kier molecular flexibility index (Phi) is 3.64. The Morgan fingerprint density at radius 1 is 1.29 bits per heavy atom. The van der Waals surface area contributed by atoms with Crippen LogP contribution < -0.4 is 0 Å². The second-order valence-electron chi connectivity index (χ2n) is 3.13. The van der Waals surface area contributed by atoms with Gasteiger partial charge in [-0.1, -0.05) is 0 Å². The van der Waals surface area contributed by atoms with E-state index in [4.69, 9.17) is 5.11 Å². The lowest BCUT2D eigenvalue weighted by molar-refractivity contribution is -0.190. The third-order valence-corrected chi connectivity index (χ3v) is 1.19. The number of rotatable bonds is 3. The molecule has 0 bridgehead atoms. The number of ketones is 1. The normalized spacial score (nSPS) is 12.4. The fourth-order valence-electron chi connectivity index (χ4n) is 0.445. The van der Waals surface area contributed by atoms with Gasteiger partial charge < -0.3 is 9.84 Å². The molecule has 0 aliphatic heterocycles. The third-order valence-electron chi connectivity index (χ3n) is 1.19. The van der Waals surface area contributed by atoms with E-state index >= 15 is 0 Å². The second kappa shape index (κ2) is 3.95. The maximum Gasteiger partial charge on any atom is 0.461 e. The Morgan fingerprint density at radius 3 is 2.00 bits per heavy atom. The Hall–Kier alpha value is -1.11. The molecular weight excluding hydrogens is 205 g/mol. The highest BCUT2D eigenvalue weighted by atomic mass is 19.4. The van der Waals surface area contributed by atoms with Gasteiger partial charge in [0.25, 0.3) is 0 Å². The lowest BCUT2D eigenvalue weighted by atomic mass is 10.1. The lowest BCUT2D eigenvalue weighted by Crippen LogP contribution is -2.39. The molecule has 0 fully saturated rings. The molecule has 7 heteroatoms. The number of Topliss-reactive ketones (excluding diaryl/α,β-unsaturated/α-hetero) is 1. The maximum atomic E-state index is 11.7. The molecule has 14 heavy (non-hydrogen) atoms. The second-order valence-corrected chi connectivity index (χ2v) is 3.13. The maximum absolute atomic E-state index is 11.7. The van der Waals surface area contributed by atoms with Gasteiger partial charge in [-0.05, 0) is 13.8 Å². The van der Waals surface area contributed by atoms with Gasteiger partial charge in [-0.15, -0.1) is 0 Å². The van der Waals surface area contributed by atoms with Crippen molar-refractivity contribution in [1.29, 1.82) is 0 Å². The molecule has 0 amide bonds. The van der Waals surface area contributed by atoms with E-state index in [1.807, 2.05) is 0 Å². The SMILES string of the molecule is CC(C)(CO)OC(=O)C(=O)C(F)(F)F. The number of carbonyl (C=O) groups is 2. The van der Waals surface area contributed by atoms with E-state index in [0.29, 0.717) is 0 Å². The van der Waals surface area contributed by atoms with Gasteiger partial charge in [0.2, 0.25) is 0 Å². The van der Waals surface area contributed by atoms with Crippen molar-refractivity contribution in [3.63, 3.8) is 0 Å². The first-order valence-electron chi connectivity index (χ1n) is 3.55. The van der Waals surface area contributed by atoms with Gasteiger partial charge in [0.15, 0.2) is 0 Å². The van der Waals surface area contributed by atoms with Crippen LogP contribution in [-0.4, -0.2) is 35.2 Å². The average molecular weight is 214 g/mol. The molecule has 0 aromatic heterocycles. The summed E-state index contributed by atoms with van der Waals surface area (Å²) in [4.78, 5) is 20.8. The Bertz CT molecular complexity index is 244. The molecule has 0 radical (unpaired) electrons. The number of ether oxygens (including phenoxy) is 1. The van der Waals surface area contributed by atoms with Gasteiger partial charge in [-0.25, -0.2) is 4.79 Å². The summed E-state index contributed by atoms with van der Waals surface area (Å²) in [5.74, 6) is -4.60. The standard InChI is InChI=1S/C7H9F3O4/c1-6(2,3-11)14-5(13)4(12)7(8,9)10/h11H,3H2,1-2H3. The third kappa shape index (κ3) is 3.73. The van der Waals surface area contributed by atoms with Crippen LogP contribution in [0.25, 0.3) is 0 Å². The monoisotopic (exact) mass is 214 g/mol. The van der Waals surface area contributed by atoms with Gasteiger partial charge in [-0.3, -0.25) is 4.79 Å². The Morgan fingerprint density at radius 2 is 1.71 bits per heavy atom. The molecule has 0 aliphatic rings. The van der Waals surface area contributed by atoms with Crippen LogP contribution in [-0.2, 0) is 14.3 Å². The van der Waals surface area contributed by atoms with E-state index in [1.54, 1.807) is 0 Å². The van der Waals surface area contributed by atoms with E-state index in [2.05, 4.69) is 4.74 Å². The van der Waals surface area contributed by atoms with Crippen LogP contribution in [0.5, 0.6) is 0 Å². The molecule has 0 saturated heterocycles. The minimum atomic E-state index is -5.25. The summed E-state index contributed by atoms with van der Waals surface area (Å²) in [6, 6.07) is 0. The molecule has 0 spiro atoms. The van der Waals surface area contributed by atoms with E-state index in [-0.39, 0.29) is 0 Å². The van der Waals surface area contributed by atoms with Crippen LogP contribution in [0.4, 0.5) is 13.2 Å². The Labute approximate surface area is 77.7 Å². The molecule has 0 saturated carbocycles. The molecule has 0 aromatic rings. The molecule has 4 nitrogen and oxygen atoms in total. The first kappa shape index (κ1) is 12.9. The molecule has 0 aliphatic carbocycles. The van der Waals surface area contributed by atoms with Crippen molar-refractivity contribution in [2.45, 2.75) is 25.6 Å². The average Bonchev–Trinajstić information content (AvgIpc) is 2.00. The van der Waals surface area contributed by atoms with Gasteiger partial charge in [0.1, 0.15) is 5.60 Å². The first-order chi connectivity index (χ1) is 6.10. The van der Waals surface area contributed by atoms with Crippen molar-refractivity contribution in [2.75, 3.05) is 6.61 Å².